The SMILES string of the molecule is Cc1ccc(C)c(-n2nc(-c3ccco3)cc2C(=O)N(CCN(C)C)Cc2ccccc2)c1. The average molecular weight is 443 g/mol. The van der Waals surface area contributed by atoms with Gasteiger partial charge in [-0.1, -0.05) is 42.5 Å². The molecule has 0 spiro atoms. The number of carbonyl (C=O) groups excluding carboxylic acids is 1. The second kappa shape index (κ2) is 9.88. The Balaban J connectivity index is 1.78. The fraction of sp³-hybridized carbons (Fsp3) is 0.259. The lowest BCUT2D eigenvalue weighted by Crippen LogP contribution is -2.37. The van der Waals surface area contributed by atoms with Gasteiger partial charge in [0.05, 0.1) is 12.0 Å². The maximum Gasteiger partial charge on any atom is 0.272 e. The van der Waals surface area contributed by atoms with Gasteiger partial charge in [0.15, 0.2) is 5.76 Å². The molecule has 4 rings (SSSR count). The number of benzene rings is 2. The largest absolute Gasteiger partial charge is 0.463 e. The fourth-order valence-corrected chi connectivity index (χ4v) is 3.75. The molecule has 0 atom stereocenters. The van der Waals surface area contributed by atoms with Crippen molar-refractivity contribution >= 4 is 5.91 Å². The molecule has 0 radical (unpaired) electrons. The summed E-state index contributed by atoms with van der Waals surface area (Å²) in [5, 5.41) is 4.80. The molecule has 1 amide bonds. The number of aryl methyl sites for hydroxylation is 2. The molecule has 6 nitrogen and oxygen atoms in total. The third kappa shape index (κ3) is 5.23. The third-order valence-corrected chi connectivity index (χ3v) is 5.62. The van der Waals surface area contributed by atoms with Gasteiger partial charge in [0.2, 0.25) is 0 Å². The lowest BCUT2D eigenvalue weighted by atomic mass is 10.1. The normalized spacial score (nSPS) is 11.2. The van der Waals surface area contributed by atoms with E-state index < -0.39 is 0 Å². The second-order valence-electron chi connectivity index (χ2n) is 8.61. The molecule has 0 bridgehead atoms. The predicted octanol–water partition coefficient (Wildman–Crippen LogP) is 4.95. The first kappa shape index (κ1) is 22.6. The van der Waals surface area contributed by atoms with Crippen LogP contribution in [0.25, 0.3) is 17.1 Å². The van der Waals surface area contributed by atoms with Crippen LogP contribution in [0.2, 0.25) is 0 Å². The van der Waals surface area contributed by atoms with E-state index in [4.69, 9.17) is 9.52 Å². The Labute approximate surface area is 195 Å². The summed E-state index contributed by atoms with van der Waals surface area (Å²) < 4.78 is 7.35. The van der Waals surface area contributed by atoms with Crippen molar-refractivity contribution in [2.75, 3.05) is 27.2 Å². The number of aromatic nitrogens is 2. The van der Waals surface area contributed by atoms with Crippen LogP contribution in [0, 0.1) is 13.8 Å². The quantitative estimate of drug-likeness (QED) is 0.387. The molecule has 0 unspecified atom stereocenters. The van der Waals surface area contributed by atoms with Crippen LogP contribution in [0.5, 0.6) is 0 Å². The number of hydrogen-bond donors (Lipinski definition) is 0. The van der Waals surface area contributed by atoms with Crippen molar-refractivity contribution < 1.29 is 9.21 Å². The van der Waals surface area contributed by atoms with Crippen molar-refractivity contribution in [3.8, 4) is 17.1 Å². The summed E-state index contributed by atoms with van der Waals surface area (Å²) in [6.45, 7) is 5.98. The Morgan fingerprint density at radius 2 is 1.76 bits per heavy atom. The number of amides is 1. The Kier molecular flexibility index (Phi) is 6.75. The highest BCUT2D eigenvalue weighted by Gasteiger charge is 2.24. The summed E-state index contributed by atoms with van der Waals surface area (Å²) in [5.74, 6) is 0.572. The Bertz CT molecular complexity index is 1210. The smallest absolute Gasteiger partial charge is 0.272 e. The molecule has 33 heavy (non-hydrogen) atoms. The zero-order valence-electron chi connectivity index (χ0n) is 19.7. The van der Waals surface area contributed by atoms with E-state index in [0.29, 0.717) is 30.2 Å². The summed E-state index contributed by atoms with van der Waals surface area (Å²) in [6, 6.07) is 21.8. The van der Waals surface area contributed by atoms with Crippen LogP contribution >= 0.6 is 0 Å². The van der Waals surface area contributed by atoms with Crippen molar-refractivity contribution in [1.29, 1.82) is 0 Å². The zero-order chi connectivity index (χ0) is 23.4. The summed E-state index contributed by atoms with van der Waals surface area (Å²) in [5.41, 5.74) is 5.29. The van der Waals surface area contributed by atoms with Crippen LogP contribution < -0.4 is 0 Å². The van der Waals surface area contributed by atoms with Crippen LogP contribution in [-0.2, 0) is 6.54 Å². The molecule has 0 aliphatic heterocycles. The Morgan fingerprint density at radius 1 is 0.970 bits per heavy atom. The van der Waals surface area contributed by atoms with E-state index in [2.05, 4.69) is 23.1 Å². The van der Waals surface area contributed by atoms with Gasteiger partial charge in [0, 0.05) is 25.7 Å². The van der Waals surface area contributed by atoms with E-state index in [1.54, 1.807) is 10.9 Å². The minimum atomic E-state index is -0.0630. The highest BCUT2D eigenvalue weighted by molar-refractivity contribution is 5.94. The maximum absolute atomic E-state index is 14.0. The first-order valence-corrected chi connectivity index (χ1v) is 11.1. The van der Waals surface area contributed by atoms with Crippen LogP contribution in [0.4, 0.5) is 0 Å². The lowest BCUT2D eigenvalue weighted by Gasteiger charge is -2.25. The van der Waals surface area contributed by atoms with Crippen molar-refractivity contribution in [3.63, 3.8) is 0 Å². The number of furan rings is 1. The highest BCUT2D eigenvalue weighted by atomic mass is 16.3. The molecule has 2 heterocycles. The second-order valence-corrected chi connectivity index (χ2v) is 8.61. The molecule has 0 saturated heterocycles. The molecule has 4 aromatic rings. The monoisotopic (exact) mass is 442 g/mol. The standard InChI is InChI=1S/C27H30N4O2/c1-20-12-13-21(2)24(17-20)31-25(18-23(28-31)26-11-8-16-33-26)27(32)30(15-14-29(3)4)19-22-9-6-5-7-10-22/h5-13,16-18H,14-15,19H2,1-4H3. The molecular weight excluding hydrogens is 412 g/mol. The maximum atomic E-state index is 14.0. The number of carbonyl (C=O) groups is 1. The zero-order valence-corrected chi connectivity index (χ0v) is 19.7. The third-order valence-electron chi connectivity index (χ3n) is 5.62. The van der Waals surface area contributed by atoms with Gasteiger partial charge >= 0.3 is 0 Å². The van der Waals surface area contributed by atoms with Crippen LogP contribution in [0.15, 0.2) is 77.4 Å². The van der Waals surface area contributed by atoms with E-state index in [9.17, 15) is 4.79 Å². The van der Waals surface area contributed by atoms with Crippen LogP contribution in [0.3, 0.4) is 0 Å². The van der Waals surface area contributed by atoms with Gasteiger partial charge in [-0.25, -0.2) is 4.68 Å². The number of hydrogen-bond acceptors (Lipinski definition) is 4. The lowest BCUT2D eigenvalue weighted by molar-refractivity contribution is 0.0722. The van der Waals surface area contributed by atoms with Crippen molar-refractivity contribution in [2.45, 2.75) is 20.4 Å². The molecule has 2 aromatic carbocycles. The summed E-state index contributed by atoms with van der Waals surface area (Å²) in [7, 11) is 4.03. The predicted molar refractivity (Wildman–Crippen MR) is 130 cm³/mol. The van der Waals surface area contributed by atoms with E-state index in [1.165, 1.54) is 0 Å². The van der Waals surface area contributed by atoms with Gasteiger partial charge < -0.3 is 14.2 Å². The van der Waals surface area contributed by atoms with Crippen LogP contribution in [-0.4, -0.2) is 52.7 Å². The van der Waals surface area contributed by atoms with Crippen LogP contribution in [0.1, 0.15) is 27.2 Å². The van der Waals surface area contributed by atoms with Gasteiger partial charge in [-0.15, -0.1) is 0 Å². The fourth-order valence-electron chi connectivity index (χ4n) is 3.75. The Hall–Kier alpha value is -3.64. The van der Waals surface area contributed by atoms with E-state index in [0.717, 1.165) is 28.9 Å². The summed E-state index contributed by atoms with van der Waals surface area (Å²) in [4.78, 5) is 17.9. The minimum Gasteiger partial charge on any atom is -0.463 e. The van der Waals surface area contributed by atoms with Gasteiger partial charge in [-0.2, -0.15) is 5.10 Å². The first-order chi connectivity index (χ1) is 15.9. The van der Waals surface area contributed by atoms with Crippen molar-refractivity contribution in [3.05, 3.63) is 95.4 Å². The molecule has 170 valence electrons. The highest BCUT2D eigenvalue weighted by Crippen LogP contribution is 2.25. The molecule has 0 aliphatic rings. The first-order valence-electron chi connectivity index (χ1n) is 11.1. The van der Waals surface area contributed by atoms with E-state index in [-0.39, 0.29) is 5.91 Å². The van der Waals surface area contributed by atoms with E-state index >= 15 is 0 Å². The Morgan fingerprint density at radius 3 is 2.45 bits per heavy atom. The molecule has 0 fully saturated rings. The van der Waals surface area contributed by atoms with Crippen molar-refractivity contribution in [2.24, 2.45) is 0 Å². The average Bonchev–Trinajstić information content (AvgIpc) is 3.48. The van der Waals surface area contributed by atoms with E-state index in [1.807, 2.05) is 81.4 Å². The van der Waals surface area contributed by atoms with Gasteiger partial charge in [-0.3, -0.25) is 4.79 Å². The molecule has 2 aromatic heterocycles. The number of nitrogens with zero attached hydrogens (tertiary/aromatic N) is 4. The molecular formula is C27H30N4O2. The molecule has 0 saturated carbocycles. The minimum absolute atomic E-state index is 0.0630. The summed E-state index contributed by atoms with van der Waals surface area (Å²) in [6.07, 6.45) is 1.62. The van der Waals surface area contributed by atoms with Crippen molar-refractivity contribution in [1.82, 2.24) is 19.6 Å². The molecule has 6 heteroatoms. The number of rotatable bonds is 8. The van der Waals surface area contributed by atoms with Gasteiger partial charge in [0.25, 0.3) is 5.91 Å². The van der Waals surface area contributed by atoms with Gasteiger partial charge in [0.1, 0.15) is 11.4 Å². The molecule has 0 N–H and O–H groups in total. The molecule has 0 aliphatic carbocycles. The van der Waals surface area contributed by atoms with Gasteiger partial charge in [-0.05, 0) is 62.8 Å². The topological polar surface area (TPSA) is 54.5 Å². The summed E-state index contributed by atoms with van der Waals surface area (Å²) >= 11 is 0. The number of likely N-dealkylation sites (N-methyl/N-ethyl adjacent to an activating group) is 1.